The molecular formula is C124H245Cl2N12+9. The lowest BCUT2D eigenvalue weighted by Crippen LogP contribution is -3.07. The third-order valence-electron chi connectivity index (χ3n) is 25.8. The Kier molecular flexibility index (Phi) is 64.8. The van der Waals surface area contributed by atoms with Gasteiger partial charge in [0.15, 0.2) is 0 Å². The van der Waals surface area contributed by atoms with E-state index in [1.165, 1.54) is 128 Å². The fourth-order valence-corrected chi connectivity index (χ4v) is 20.3. The van der Waals surface area contributed by atoms with Gasteiger partial charge in [0.25, 0.3) is 0 Å². The van der Waals surface area contributed by atoms with E-state index in [1.54, 1.807) is 9.80 Å². The number of likely N-dealkylation sites (N-methyl/N-ethyl adjacent to an activating group) is 9. The largest absolute Gasteiger partial charge is 0.335 e. The Morgan fingerprint density at radius 1 is 0.283 bits per heavy atom. The Labute approximate surface area is 875 Å². The third-order valence-corrected chi connectivity index (χ3v) is 26.4. The van der Waals surface area contributed by atoms with Crippen molar-refractivity contribution >= 4 is 23.2 Å². The van der Waals surface area contributed by atoms with Gasteiger partial charge in [0.2, 0.25) is 0 Å². The predicted octanol–water partition coefficient (Wildman–Crippen LogP) is 26.0. The zero-order valence-electron chi connectivity index (χ0n) is 99.1. The van der Waals surface area contributed by atoms with Gasteiger partial charge in [-0.2, -0.15) is 0 Å². The first-order valence-corrected chi connectivity index (χ1v) is 54.0. The first-order valence-electron chi connectivity index (χ1n) is 52.9. The average molecular weight is 1980 g/mol. The number of nitrogens with zero attached hydrogens (tertiary/aromatic N) is 10. The van der Waals surface area contributed by atoms with Crippen molar-refractivity contribution in [2.45, 2.75) is 303 Å². The maximum absolute atomic E-state index is 5.61. The van der Waals surface area contributed by atoms with Gasteiger partial charge in [-0.3, -0.25) is 0 Å². The molecular weight excluding hydrogens is 1730 g/mol. The smallest absolute Gasteiger partial charge is 0.129 e. The van der Waals surface area contributed by atoms with Gasteiger partial charge in [-0.1, -0.05) is 285 Å². The summed E-state index contributed by atoms with van der Waals surface area (Å²) in [6, 6.07) is 44.7. The highest BCUT2D eigenvalue weighted by Gasteiger charge is 2.40. The highest BCUT2D eigenvalue weighted by molar-refractivity contribution is 6.17. The molecule has 0 saturated heterocycles. The van der Waals surface area contributed by atoms with Crippen molar-refractivity contribution in [2.24, 2.45) is 67.5 Å². The van der Waals surface area contributed by atoms with Gasteiger partial charge in [-0.05, 0) is 214 Å². The Balaban J connectivity index is -0.000000886. The van der Waals surface area contributed by atoms with Crippen LogP contribution in [-0.2, 0) is 63.9 Å². The maximum atomic E-state index is 5.61. The molecule has 0 aliphatic heterocycles. The molecule has 0 fully saturated rings. The second kappa shape index (κ2) is 63.7. The van der Waals surface area contributed by atoms with Crippen molar-refractivity contribution in [1.82, 2.24) is 14.7 Å². The highest BCUT2D eigenvalue weighted by atomic mass is 35.5. The first kappa shape index (κ1) is 140. The third kappa shape index (κ3) is 75.9. The number of nitrogens with one attached hydrogen (secondary N) is 2. The van der Waals surface area contributed by atoms with Gasteiger partial charge >= 0.3 is 0 Å². The van der Waals surface area contributed by atoms with Crippen LogP contribution in [0.15, 0.2) is 121 Å². The number of benzene rings is 5. The van der Waals surface area contributed by atoms with Crippen LogP contribution in [0.3, 0.4) is 0 Å². The molecule has 2 N–H and O–H groups in total. The molecule has 12 nitrogen and oxygen atoms in total. The molecule has 0 radical (unpaired) electrons. The van der Waals surface area contributed by atoms with Crippen LogP contribution in [0.1, 0.15) is 295 Å². The minimum Gasteiger partial charge on any atom is -0.335 e. The summed E-state index contributed by atoms with van der Waals surface area (Å²) < 4.78 is 7.00. The molecule has 1 unspecified atom stereocenters. The number of alkyl halides is 2. The lowest BCUT2D eigenvalue weighted by molar-refractivity contribution is -0.989. The summed E-state index contributed by atoms with van der Waals surface area (Å²) in [6.45, 7) is 77.0. The minimum absolute atomic E-state index is 0. The molecule has 14 heteroatoms. The van der Waals surface area contributed by atoms with Crippen LogP contribution in [0.25, 0.3) is 0 Å². The van der Waals surface area contributed by atoms with Gasteiger partial charge in [0.05, 0.1) is 141 Å². The summed E-state index contributed by atoms with van der Waals surface area (Å²) in [5, 5.41) is 0. The van der Waals surface area contributed by atoms with E-state index in [2.05, 4.69) is 447 Å². The second-order valence-corrected chi connectivity index (χ2v) is 57.5. The Morgan fingerprint density at radius 3 is 0.768 bits per heavy atom. The van der Waals surface area contributed by atoms with E-state index in [-0.39, 0.29) is 22.3 Å². The SMILES string of the molecule is C.C.C.CC(C)(C)CC(CC(CC(CC(C)(C)C)CC(C)(C)C)CC(CC(C)(C)C)CC(C)(C)C)CC(C(C)(C)C)C(C)(C)C.CCc1cccc(CC)c1.CN(C)CCN(C)CCN(C)C.C[N+](C)(C)Cc1cccc(C[N+](C)(C)CC[N+](C)(CC[N+](C)(C)Cc2cccc(C[N+](C)(C)C)c2)Cc2cccc(C[N+](C)(C)C)c2)c1.C[NH+](C)CC[N+](C)(C)CC[NH+](C)C.ClCc1cccc(CCl)c1. The van der Waals surface area contributed by atoms with Crippen LogP contribution in [-0.4, -0.2) is 301 Å². The van der Waals surface area contributed by atoms with Gasteiger partial charge in [-0.25, -0.2) is 0 Å². The lowest BCUT2D eigenvalue weighted by Gasteiger charge is -2.45. The maximum Gasteiger partial charge on any atom is 0.129 e. The molecule has 5 aromatic carbocycles. The van der Waals surface area contributed by atoms with E-state index < -0.39 is 0 Å². The molecule has 0 saturated carbocycles. The Bertz CT molecular complexity index is 3660. The van der Waals surface area contributed by atoms with E-state index in [1.807, 2.05) is 24.3 Å². The fourth-order valence-electron chi connectivity index (χ4n) is 20.0. The predicted molar refractivity (Wildman–Crippen MR) is 623 cm³/mol. The molecule has 0 aliphatic rings. The summed E-state index contributed by atoms with van der Waals surface area (Å²) in [6.07, 6.45) is 14.6. The Morgan fingerprint density at radius 2 is 0.522 bits per heavy atom. The van der Waals surface area contributed by atoms with E-state index in [4.69, 9.17) is 23.2 Å². The molecule has 806 valence electrons. The van der Waals surface area contributed by atoms with E-state index in [0.717, 1.165) is 177 Å². The molecule has 0 heterocycles. The number of quaternary nitrogens is 9. The molecule has 5 aromatic rings. The van der Waals surface area contributed by atoms with E-state index in [0.29, 0.717) is 49.7 Å². The van der Waals surface area contributed by atoms with Crippen LogP contribution in [0.4, 0.5) is 0 Å². The van der Waals surface area contributed by atoms with Crippen molar-refractivity contribution in [3.63, 3.8) is 0 Å². The van der Waals surface area contributed by atoms with Gasteiger partial charge in [0, 0.05) is 71.3 Å². The van der Waals surface area contributed by atoms with Gasteiger partial charge in [-0.15, -0.1) is 23.2 Å². The summed E-state index contributed by atoms with van der Waals surface area (Å²) >= 11 is 11.2. The highest BCUT2D eigenvalue weighted by Crippen LogP contribution is 2.49. The summed E-state index contributed by atoms with van der Waals surface area (Å²) in [7, 11) is 56.8. The number of hydrogen-bond donors (Lipinski definition) is 2. The number of rotatable bonds is 47. The number of hydrogen-bond acceptors (Lipinski definition) is 3. The molecule has 138 heavy (non-hydrogen) atoms. The average Bonchev–Trinajstić information content (AvgIpc) is 0.809. The zero-order chi connectivity index (χ0) is 105. The summed E-state index contributed by atoms with van der Waals surface area (Å²) in [4.78, 5) is 9.88. The van der Waals surface area contributed by atoms with Crippen LogP contribution in [0, 0.1) is 67.5 Å². The van der Waals surface area contributed by atoms with Crippen molar-refractivity contribution < 1.29 is 41.2 Å². The van der Waals surface area contributed by atoms with Crippen molar-refractivity contribution in [1.29, 1.82) is 0 Å². The molecule has 5 rings (SSSR count). The number of aryl methyl sites for hydroxylation is 2. The second-order valence-electron chi connectivity index (χ2n) is 57.0. The van der Waals surface area contributed by atoms with Crippen LogP contribution < -0.4 is 9.80 Å². The van der Waals surface area contributed by atoms with E-state index in [9.17, 15) is 0 Å². The number of halogens is 2. The standard InChI is InChI=1S/C42H74N6.C42H86.C10H26N3.C10H14.C9H23N3.C8H8Cl2.3CH4/c1-43(2,3)31-37-18-15-21-40(28-37)34-46(10,11)24-26-48(14,36-42-23-17-20-39(30-42)33-45(7,8)9)27-25-47(12,13)35-41-22-16-19-38(29-41)32-44(4,5)6;1-36(2,3)26-32(25-35(41(16,17)18)42(19,20)21)22-31(23-33(27-37(4,5)6)28-38(7,8)9)24-34(29-39(10,11)12)30-40(13,14)15;1-11(2)7-9-13(5,6)10-8-12(3)4;1-3-9-6-5-7-10(4-2)8-9;1-10(2)6-8-12(5)9-7-11(3)4;9-5-7-2-1-3-8(4-7)6-10;;;/h15-23,28-30H,24-27,31-36H2,1-14H3;31-35H,22-30H2,1-21H3;7-10H2,1-6H3;5-8H,3-4H2,1-2H3;6-9H2,1-5H3;1-4H,5-6H2;3*1H4/q+6;;+1;;;;;;/p+2. The molecule has 0 bridgehead atoms. The lowest BCUT2D eigenvalue weighted by atomic mass is 9.61. The van der Waals surface area contributed by atoms with Crippen molar-refractivity contribution in [3.05, 3.63) is 177 Å². The van der Waals surface area contributed by atoms with E-state index >= 15 is 0 Å². The summed E-state index contributed by atoms with van der Waals surface area (Å²) in [5.41, 5.74) is 16.3. The van der Waals surface area contributed by atoms with Gasteiger partial charge in [0.1, 0.15) is 91.6 Å². The van der Waals surface area contributed by atoms with Crippen LogP contribution >= 0.6 is 23.2 Å². The van der Waals surface area contributed by atoms with Crippen LogP contribution in [0.5, 0.6) is 0 Å². The summed E-state index contributed by atoms with van der Waals surface area (Å²) in [5.74, 6) is 5.04. The zero-order valence-corrected chi connectivity index (χ0v) is 101. The first-order chi connectivity index (χ1) is 61.1. The van der Waals surface area contributed by atoms with Crippen molar-refractivity contribution in [2.75, 3.05) is 255 Å². The normalized spacial score (nSPS) is 13.3. The Hall–Kier alpha value is -3.80. The fraction of sp³-hybridized carbons (Fsp3) is 0.758. The minimum atomic E-state index is 0. The topological polar surface area (TPSA) is 18.6 Å². The van der Waals surface area contributed by atoms with Gasteiger partial charge < -0.3 is 55.9 Å². The van der Waals surface area contributed by atoms with Crippen LogP contribution in [0.2, 0.25) is 0 Å². The molecule has 1 atom stereocenters. The monoisotopic (exact) mass is 1970 g/mol. The van der Waals surface area contributed by atoms with Crippen molar-refractivity contribution in [3.8, 4) is 0 Å². The molecule has 0 amide bonds. The molecule has 0 spiro atoms. The molecule has 0 aromatic heterocycles. The quantitative estimate of drug-likeness (QED) is 0.0299. The molecule has 0 aliphatic carbocycles.